The van der Waals surface area contributed by atoms with E-state index in [9.17, 15) is 35.1 Å². The van der Waals surface area contributed by atoms with Gasteiger partial charge in [-0.1, -0.05) is 39.5 Å². The summed E-state index contributed by atoms with van der Waals surface area (Å²) in [5.74, 6) is -9.41. The number of benzene rings is 2. The minimum Gasteiger partial charge on any atom is -0.432 e. The topological polar surface area (TPSA) is 18.5 Å². The highest BCUT2D eigenvalue weighted by Gasteiger charge is 2.45. The number of hydrogen-bond acceptors (Lipinski definition) is 2. The Morgan fingerprint density at radius 3 is 1.10 bits per heavy atom. The van der Waals surface area contributed by atoms with E-state index in [-0.39, 0.29) is 25.7 Å². The summed E-state index contributed by atoms with van der Waals surface area (Å²) >= 11 is 0. The standard InChI is InChI=1S/C32H38F8O2/c1-3-5-19-7-11-21(12-8-19)31(37,38)41-23-15-25(33)29(26(34)16-23)30-27(35)17-24(18-28(30)36)42-32(39,40)22-13-9-20(6-4-2)10-14-22/h15-22H,3-14H2,1-2H3/t19-,20?,21-,22?. The van der Waals surface area contributed by atoms with Crippen LogP contribution in [0.3, 0.4) is 0 Å². The van der Waals surface area contributed by atoms with E-state index in [2.05, 4.69) is 0 Å². The molecule has 2 aromatic carbocycles. The first-order valence-corrected chi connectivity index (χ1v) is 15.0. The van der Waals surface area contributed by atoms with Crippen LogP contribution in [0.2, 0.25) is 0 Å². The largest absolute Gasteiger partial charge is 0.432 e. The van der Waals surface area contributed by atoms with Gasteiger partial charge in [0.2, 0.25) is 0 Å². The second-order valence-electron chi connectivity index (χ2n) is 11.9. The monoisotopic (exact) mass is 606 g/mol. The molecule has 2 aliphatic carbocycles. The molecule has 0 N–H and O–H groups in total. The Balaban J connectivity index is 1.48. The number of rotatable bonds is 11. The van der Waals surface area contributed by atoms with Gasteiger partial charge in [0, 0.05) is 24.3 Å². The smallest absolute Gasteiger partial charge is 0.400 e. The molecule has 0 unspecified atom stereocenters. The molecule has 0 bridgehead atoms. The molecule has 0 aliphatic heterocycles. The van der Waals surface area contributed by atoms with E-state index in [0.29, 0.717) is 61.8 Å². The summed E-state index contributed by atoms with van der Waals surface area (Å²) in [6.07, 6.45) is -0.405. The van der Waals surface area contributed by atoms with Crippen LogP contribution in [-0.4, -0.2) is 12.2 Å². The van der Waals surface area contributed by atoms with Gasteiger partial charge in [0.25, 0.3) is 0 Å². The van der Waals surface area contributed by atoms with Crippen molar-refractivity contribution >= 4 is 0 Å². The summed E-state index contributed by atoms with van der Waals surface area (Å²) in [5.41, 5.74) is -2.35. The highest BCUT2D eigenvalue weighted by Crippen LogP contribution is 2.44. The van der Waals surface area contributed by atoms with Gasteiger partial charge in [-0.3, -0.25) is 0 Å². The molecule has 0 atom stereocenters. The minimum atomic E-state index is -3.70. The second kappa shape index (κ2) is 13.4. The van der Waals surface area contributed by atoms with E-state index < -0.39 is 69.9 Å². The van der Waals surface area contributed by atoms with E-state index in [4.69, 9.17) is 9.47 Å². The van der Waals surface area contributed by atoms with Crippen molar-refractivity contribution in [3.8, 4) is 22.6 Å². The van der Waals surface area contributed by atoms with E-state index >= 15 is 0 Å². The van der Waals surface area contributed by atoms with Crippen molar-refractivity contribution < 1.29 is 44.6 Å². The van der Waals surface area contributed by atoms with Crippen LogP contribution < -0.4 is 9.47 Å². The maximum Gasteiger partial charge on any atom is 0.400 e. The third-order valence-electron chi connectivity index (χ3n) is 8.83. The average molecular weight is 607 g/mol. The predicted octanol–water partition coefficient (Wildman–Crippen LogP) is 11.1. The van der Waals surface area contributed by atoms with Gasteiger partial charge in [-0.15, -0.1) is 0 Å². The van der Waals surface area contributed by atoms with E-state index in [0.717, 1.165) is 25.7 Å². The van der Waals surface area contributed by atoms with Crippen molar-refractivity contribution in [3.05, 3.63) is 47.5 Å². The quantitative estimate of drug-likeness (QED) is 0.237. The summed E-state index contributed by atoms with van der Waals surface area (Å²) in [6, 6.07) is 1.73. The van der Waals surface area contributed by atoms with Crippen molar-refractivity contribution in [1.82, 2.24) is 0 Å². The van der Waals surface area contributed by atoms with Crippen LogP contribution in [0, 0.1) is 46.9 Å². The molecule has 0 amide bonds. The molecule has 2 aliphatic rings. The van der Waals surface area contributed by atoms with Gasteiger partial charge in [-0.05, 0) is 63.2 Å². The summed E-state index contributed by atoms with van der Waals surface area (Å²) in [6.45, 7) is 4.05. The zero-order chi connectivity index (χ0) is 30.7. The summed E-state index contributed by atoms with van der Waals surface area (Å²) in [7, 11) is 0. The molecule has 0 spiro atoms. The number of alkyl halides is 4. The molecule has 2 nitrogen and oxygen atoms in total. The minimum absolute atomic E-state index is 0.199. The molecular weight excluding hydrogens is 568 g/mol. The lowest BCUT2D eigenvalue weighted by Crippen LogP contribution is -2.37. The van der Waals surface area contributed by atoms with Crippen molar-refractivity contribution in [3.63, 3.8) is 0 Å². The fourth-order valence-electron chi connectivity index (χ4n) is 6.57. The zero-order valence-electron chi connectivity index (χ0n) is 23.9. The maximum absolute atomic E-state index is 15.0. The van der Waals surface area contributed by atoms with E-state index in [1.807, 2.05) is 13.8 Å². The van der Waals surface area contributed by atoms with Crippen LogP contribution in [-0.2, 0) is 0 Å². The SMILES string of the molecule is CCCC1CCC(C(F)(F)Oc2cc(F)c(-c3c(F)cc(OC(F)(F)[C@H]4CC[C@H](CCC)CC4)cc3F)c(F)c2)CC1. The van der Waals surface area contributed by atoms with Crippen molar-refractivity contribution in [1.29, 1.82) is 0 Å². The molecular formula is C32H38F8O2. The van der Waals surface area contributed by atoms with Crippen LogP contribution in [0.1, 0.15) is 90.9 Å². The van der Waals surface area contributed by atoms with E-state index in [1.165, 1.54) is 0 Å². The van der Waals surface area contributed by atoms with Crippen LogP contribution >= 0.6 is 0 Å². The van der Waals surface area contributed by atoms with Gasteiger partial charge in [0.1, 0.15) is 34.8 Å². The zero-order valence-corrected chi connectivity index (χ0v) is 23.9. The van der Waals surface area contributed by atoms with Crippen LogP contribution in [0.5, 0.6) is 11.5 Å². The summed E-state index contributed by atoms with van der Waals surface area (Å²) < 4.78 is 129. The third-order valence-corrected chi connectivity index (χ3v) is 8.83. The van der Waals surface area contributed by atoms with Crippen LogP contribution in [0.25, 0.3) is 11.1 Å². The second-order valence-corrected chi connectivity index (χ2v) is 11.9. The summed E-state index contributed by atoms with van der Waals surface area (Å²) in [5, 5.41) is 0. The molecule has 2 fully saturated rings. The van der Waals surface area contributed by atoms with Crippen LogP contribution in [0.4, 0.5) is 35.1 Å². The lowest BCUT2D eigenvalue weighted by Gasteiger charge is -2.33. The Labute approximate surface area is 241 Å². The molecule has 42 heavy (non-hydrogen) atoms. The third kappa shape index (κ3) is 7.51. The molecule has 2 saturated carbocycles. The molecule has 10 heteroatoms. The summed E-state index contributed by atoms with van der Waals surface area (Å²) in [4.78, 5) is 0. The molecule has 4 rings (SSSR count). The molecule has 0 heterocycles. The van der Waals surface area contributed by atoms with Crippen molar-refractivity contribution in [2.75, 3.05) is 0 Å². The highest BCUT2D eigenvalue weighted by atomic mass is 19.3. The van der Waals surface area contributed by atoms with Crippen molar-refractivity contribution in [2.45, 2.75) is 103 Å². The first-order chi connectivity index (χ1) is 19.8. The Bertz CT molecular complexity index is 1060. The number of halogens is 8. The van der Waals surface area contributed by atoms with Gasteiger partial charge < -0.3 is 9.47 Å². The van der Waals surface area contributed by atoms with Gasteiger partial charge >= 0.3 is 12.2 Å². The Kier molecular flexibility index (Phi) is 10.3. The van der Waals surface area contributed by atoms with Gasteiger partial charge in [0.15, 0.2) is 0 Å². The van der Waals surface area contributed by atoms with Crippen molar-refractivity contribution in [2.24, 2.45) is 23.7 Å². The molecule has 234 valence electrons. The van der Waals surface area contributed by atoms with E-state index in [1.54, 1.807) is 0 Å². The van der Waals surface area contributed by atoms with Crippen LogP contribution in [0.15, 0.2) is 24.3 Å². The van der Waals surface area contributed by atoms with Gasteiger partial charge in [-0.2, -0.15) is 17.6 Å². The maximum atomic E-state index is 15.0. The highest BCUT2D eigenvalue weighted by molar-refractivity contribution is 5.68. The predicted molar refractivity (Wildman–Crippen MR) is 144 cm³/mol. The van der Waals surface area contributed by atoms with Gasteiger partial charge in [-0.25, -0.2) is 17.6 Å². The Morgan fingerprint density at radius 1 is 0.548 bits per heavy atom. The molecule has 2 aromatic rings. The Morgan fingerprint density at radius 2 is 0.833 bits per heavy atom. The first kappa shape index (κ1) is 32.4. The lowest BCUT2D eigenvalue weighted by molar-refractivity contribution is -0.224. The number of hydrogen-bond donors (Lipinski definition) is 0. The molecule has 0 aromatic heterocycles. The lowest BCUT2D eigenvalue weighted by atomic mass is 9.79. The first-order valence-electron chi connectivity index (χ1n) is 15.0. The number of ether oxygens (including phenoxy) is 2. The molecule has 0 radical (unpaired) electrons. The Hall–Kier alpha value is -2.52. The van der Waals surface area contributed by atoms with Gasteiger partial charge in [0.05, 0.1) is 23.0 Å². The normalized spacial score (nSPS) is 23.6. The fraction of sp³-hybridized carbons (Fsp3) is 0.625. The molecule has 0 saturated heterocycles. The fourth-order valence-corrected chi connectivity index (χ4v) is 6.57. The average Bonchev–Trinajstić information content (AvgIpc) is 2.90.